The molecule has 0 aliphatic heterocycles. The van der Waals surface area contributed by atoms with Crippen LogP contribution < -0.4 is 14.8 Å². The number of hydrogen-bond donors (Lipinski definition) is 1. The maximum Gasteiger partial charge on any atom is 0.257 e. The number of aryl methyl sites for hydroxylation is 2. The Morgan fingerprint density at radius 2 is 1.82 bits per heavy atom. The number of rotatable bonds is 8. The molecule has 0 unspecified atom stereocenters. The molecule has 6 heteroatoms. The molecule has 146 valence electrons. The molecule has 0 aliphatic rings. The Balaban J connectivity index is 1.46. The van der Waals surface area contributed by atoms with E-state index in [0.717, 1.165) is 38.9 Å². The number of para-hydroxylation sites is 1. The lowest BCUT2D eigenvalue weighted by Gasteiger charge is -2.11. The molecule has 0 aliphatic carbocycles. The predicted molar refractivity (Wildman–Crippen MR) is 112 cm³/mol. The van der Waals surface area contributed by atoms with E-state index in [9.17, 15) is 4.79 Å². The molecule has 5 nitrogen and oxygen atoms in total. The van der Waals surface area contributed by atoms with Gasteiger partial charge in [-0.05, 0) is 49.2 Å². The predicted octanol–water partition coefficient (Wildman–Crippen LogP) is 4.17. The molecule has 1 heterocycles. The summed E-state index contributed by atoms with van der Waals surface area (Å²) in [5.74, 6) is 1.47. The Bertz CT molecular complexity index is 915. The highest BCUT2D eigenvalue weighted by Crippen LogP contribution is 2.24. The lowest BCUT2D eigenvalue weighted by atomic mass is 10.1. The molecule has 1 N–H and O–H groups in total. The molecular weight excluding hydrogens is 372 g/mol. The zero-order valence-corrected chi connectivity index (χ0v) is 17.1. The van der Waals surface area contributed by atoms with E-state index >= 15 is 0 Å². The lowest BCUT2D eigenvalue weighted by molar-refractivity contribution is -0.123. The molecule has 0 saturated heterocycles. The number of carbonyl (C=O) groups is 1. The molecule has 3 rings (SSSR count). The molecule has 2 aromatic carbocycles. The van der Waals surface area contributed by atoms with Crippen LogP contribution in [-0.4, -0.2) is 31.2 Å². The topological polar surface area (TPSA) is 60.5 Å². The van der Waals surface area contributed by atoms with Gasteiger partial charge in [0, 0.05) is 23.9 Å². The van der Waals surface area contributed by atoms with E-state index in [0.29, 0.717) is 13.0 Å². The molecule has 1 amide bonds. The number of methoxy groups -OCH3 is 1. The highest BCUT2D eigenvalue weighted by atomic mass is 32.1. The van der Waals surface area contributed by atoms with Crippen molar-refractivity contribution in [3.63, 3.8) is 0 Å². The van der Waals surface area contributed by atoms with E-state index in [2.05, 4.69) is 10.3 Å². The van der Waals surface area contributed by atoms with Gasteiger partial charge in [-0.3, -0.25) is 4.79 Å². The molecular formula is C22H24N2O3S. The Morgan fingerprint density at radius 3 is 2.50 bits per heavy atom. The fourth-order valence-electron chi connectivity index (χ4n) is 2.84. The van der Waals surface area contributed by atoms with Gasteiger partial charge in [0.05, 0.1) is 17.8 Å². The third-order valence-electron chi connectivity index (χ3n) is 4.35. The van der Waals surface area contributed by atoms with Gasteiger partial charge in [-0.2, -0.15) is 0 Å². The van der Waals surface area contributed by atoms with Gasteiger partial charge in [-0.15, -0.1) is 11.3 Å². The van der Waals surface area contributed by atoms with Gasteiger partial charge >= 0.3 is 0 Å². The number of carbonyl (C=O) groups excluding carboxylic acids is 1. The van der Waals surface area contributed by atoms with Crippen LogP contribution in [-0.2, 0) is 11.2 Å². The Hall–Kier alpha value is -2.86. The van der Waals surface area contributed by atoms with Crippen LogP contribution in [0.4, 0.5) is 0 Å². The molecule has 0 bridgehead atoms. The first-order valence-corrected chi connectivity index (χ1v) is 9.99. The first-order valence-electron chi connectivity index (χ1n) is 9.11. The van der Waals surface area contributed by atoms with Crippen molar-refractivity contribution in [3.05, 3.63) is 64.0 Å². The zero-order chi connectivity index (χ0) is 19.9. The summed E-state index contributed by atoms with van der Waals surface area (Å²) in [5.41, 5.74) is 4.05. The van der Waals surface area contributed by atoms with E-state index in [-0.39, 0.29) is 12.5 Å². The quantitative estimate of drug-likeness (QED) is 0.621. The summed E-state index contributed by atoms with van der Waals surface area (Å²) < 4.78 is 10.9. The Kier molecular flexibility index (Phi) is 6.66. The maximum absolute atomic E-state index is 12.1. The zero-order valence-electron chi connectivity index (χ0n) is 16.3. The van der Waals surface area contributed by atoms with Crippen molar-refractivity contribution in [2.75, 3.05) is 20.3 Å². The highest BCUT2D eigenvalue weighted by Gasteiger charge is 2.08. The van der Waals surface area contributed by atoms with Crippen molar-refractivity contribution >= 4 is 17.2 Å². The van der Waals surface area contributed by atoms with Crippen LogP contribution in [0.25, 0.3) is 11.3 Å². The SMILES string of the molecule is COc1ccc(-c2csc(CCNC(=O)COc3c(C)cccc3C)n2)cc1. The fourth-order valence-corrected chi connectivity index (χ4v) is 3.65. The maximum atomic E-state index is 12.1. The third kappa shape index (κ3) is 5.10. The molecule has 1 aromatic heterocycles. The Labute approximate surface area is 169 Å². The number of ether oxygens (including phenoxy) is 2. The van der Waals surface area contributed by atoms with E-state index in [1.807, 2.05) is 61.7 Å². The molecule has 3 aromatic rings. The van der Waals surface area contributed by atoms with Crippen LogP contribution in [0.1, 0.15) is 16.1 Å². The number of hydrogen-bond acceptors (Lipinski definition) is 5. The van der Waals surface area contributed by atoms with Crippen LogP contribution >= 0.6 is 11.3 Å². The van der Waals surface area contributed by atoms with Crippen LogP contribution in [0, 0.1) is 13.8 Å². The summed E-state index contributed by atoms with van der Waals surface area (Å²) >= 11 is 1.60. The molecule has 0 radical (unpaired) electrons. The van der Waals surface area contributed by atoms with Crippen LogP contribution in [0.2, 0.25) is 0 Å². The van der Waals surface area contributed by atoms with Gasteiger partial charge < -0.3 is 14.8 Å². The number of aromatic nitrogens is 1. The van der Waals surface area contributed by atoms with Gasteiger partial charge in [0.25, 0.3) is 5.91 Å². The van der Waals surface area contributed by atoms with Gasteiger partial charge in [0.1, 0.15) is 11.5 Å². The van der Waals surface area contributed by atoms with Crippen LogP contribution in [0.15, 0.2) is 47.8 Å². The normalized spacial score (nSPS) is 10.5. The summed E-state index contributed by atoms with van der Waals surface area (Å²) in [4.78, 5) is 16.7. The number of nitrogens with zero attached hydrogens (tertiary/aromatic N) is 1. The van der Waals surface area contributed by atoms with Crippen LogP contribution in [0.3, 0.4) is 0 Å². The highest BCUT2D eigenvalue weighted by molar-refractivity contribution is 7.09. The first-order chi connectivity index (χ1) is 13.6. The average molecular weight is 397 g/mol. The minimum absolute atomic E-state index is 0.0145. The second-order valence-electron chi connectivity index (χ2n) is 6.46. The number of nitrogens with one attached hydrogen (secondary N) is 1. The summed E-state index contributed by atoms with van der Waals surface area (Å²) in [6.07, 6.45) is 0.690. The molecule has 28 heavy (non-hydrogen) atoms. The second-order valence-corrected chi connectivity index (χ2v) is 7.41. The van der Waals surface area contributed by atoms with Crippen LogP contribution in [0.5, 0.6) is 11.5 Å². The smallest absolute Gasteiger partial charge is 0.257 e. The number of amides is 1. The van der Waals surface area contributed by atoms with Gasteiger partial charge in [0.2, 0.25) is 0 Å². The number of benzene rings is 2. The Morgan fingerprint density at radius 1 is 1.11 bits per heavy atom. The minimum atomic E-state index is -0.130. The lowest BCUT2D eigenvalue weighted by Crippen LogP contribution is -2.30. The standard InChI is InChI=1S/C22H24N2O3S/c1-15-5-4-6-16(2)22(15)27-13-20(25)23-12-11-21-24-19(14-28-21)17-7-9-18(26-3)10-8-17/h4-10,14H,11-13H2,1-3H3,(H,23,25). The molecule has 0 saturated carbocycles. The van der Waals surface area contributed by atoms with Gasteiger partial charge in [0.15, 0.2) is 6.61 Å². The third-order valence-corrected chi connectivity index (χ3v) is 5.26. The summed E-state index contributed by atoms with van der Waals surface area (Å²) in [6, 6.07) is 13.8. The number of thiazole rings is 1. The largest absolute Gasteiger partial charge is 0.497 e. The first kappa shape index (κ1) is 19.9. The van der Waals surface area contributed by atoms with E-state index < -0.39 is 0 Å². The van der Waals surface area contributed by atoms with E-state index in [4.69, 9.17) is 9.47 Å². The van der Waals surface area contributed by atoms with Gasteiger partial charge in [-0.1, -0.05) is 18.2 Å². The van der Waals surface area contributed by atoms with Crippen molar-refractivity contribution in [2.24, 2.45) is 0 Å². The van der Waals surface area contributed by atoms with Crippen molar-refractivity contribution in [1.82, 2.24) is 10.3 Å². The summed E-state index contributed by atoms with van der Waals surface area (Å²) in [6.45, 7) is 4.50. The van der Waals surface area contributed by atoms with Crippen molar-refractivity contribution < 1.29 is 14.3 Å². The molecule has 0 atom stereocenters. The van der Waals surface area contributed by atoms with Gasteiger partial charge in [-0.25, -0.2) is 4.98 Å². The summed E-state index contributed by atoms with van der Waals surface area (Å²) in [7, 11) is 1.65. The van der Waals surface area contributed by atoms with Crippen molar-refractivity contribution in [3.8, 4) is 22.8 Å². The fraction of sp³-hybridized carbons (Fsp3) is 0.273. The molecule has 0 spiro atoms. The monoisotopic (exact) mass is 396 g/mol. The van der Waals surface area contributed by atoms with E-state index in [1.54, 1.807) is 18.4 Å². The minimum Gasteiger partial charge on any atom is -0.497 e. The summed E-state index contributed by atoms with van der Waals surface area (Å²) in [5, 5.41) is 5.91. The van der Waals surface area contributed by atoms with Crippen molar-refractivity contribution in [1.29, 1.82) is 0 Å². The molecule has 0 fully saturated rings. The second kappa shape index (κ2) is 9.37. The average Bonchev–Trinajstić information content (AvgIpc) is 3.16. The van der Waals surface area contributed by atoms with Crippen molar-refractivity contribution in [2.45, 2.75) is 20.3 Å². The van der Waals surface area contributed by atoms with E-state index in [1.165, 1.54) is 0 Å².